The first kappa shape index (κ1) is 18.0. The van der Waals surface area contributed by atoms with Crippen LogP contribution in [0.15, 0.2) is 16.6 Å². The van der Waals surface area contributed by atoms with Crippen molar-refractivity contribution < 1.29 is 24.2 Å². The Morgan fingerprint density at radius 3 is 2.70 bits per heavy atom. The van der Waals surface area contributed by atoms with E-state index in [0.29, 0.717) is 4.47 Å². The van der Waals surface area contributed by atoms with Crippen LogP contribution in [0.1, 0.15) is 16.8 Å². The molecule has 1 atom stereocenters. The van der Waals surface area contributed by atoms with Crippen molar-refractivity contribution in [3.05, 3.63) is 33.0 Å². The topological polar surface area (TPSA) is 81.1 Å². The Hall–Kier alpha value is -1.38. The van der Waals surface area contributed by atoms with Crippen molar-refractivity contribution in [1.29, 1.82) is 0 Å². The van der Waals surface area contributed by atoms with E-state index >= 15 is 0 Å². The van der Waals surface area contributed by atoms with Gasteiger partial charge >= 0.3 is 6.09 Å². The number of nitrogens with zero attached hydrogens (tertiary/aromatic N) is 2. The fourth-order valence-corrected chi connectivity index (χ4v) is 3.01. The van der Waals surface area contributed by atoms with Crippen LogP contribution >= 0.6 is 27.5 Å². The molecule has 0 bridgehead atoms. The number of amides is 2. The molecule has 0 aromatic heterocycles. The standard InChI is InChI=1S/C14H15BrClFN2O4/c15-10-6-12(17)9(5-11(10)16)13(21)19-3-2-18(14(22)23)7-8(19)1-4-20/h5-6,8,20H,1-4,7H2,(H,22,23)/t8-/m1/s1. The molecule has 0 unspecified atom stereocenters. The monoisotopic (exact) mass is 408 g/mol. The predicted octanol–water partition coefficient (Wildman–Crippen LogP) is 2.43. The Morgan fingerprint density at radius 2 is 2.09 bits per heavy atom. The van der Waals surface area contributed by atoms with Crippen LogP contribution in [0, 0.1) is 5.82 Å². The van der Waals surface area contributed by atoms with E-state index in [2.05, 4.69) is 15.9 Å². The summed E-state index contributed by atoms with van der Waals surface area (Å²) in [5, 5.41) is 18.4. The highest BCUT2D eigenvalue weighted by atomic mass is 79.9. The molecule has 2 amide bonds. The molecule has 2 rings (SSSR count). The largest absolute Gasteiger partial charge is 0.465 e. The van der Waals surface area contributed by atoms with Crippen LogP contribution in [0.3, 0.4) is 0 Å². The molecule has 1 heterocycles. The van der Waals surface area contributed by atoms with Gasteiger partial charge in [-0.1, -0.05) is 11.6 Å². The first-order valence-electron chi connectivity index (χ1n) is 6.89. The molecule has 0 aliphatic carbocycles. The predicted molar refractivity (Wildman–Crippen MR) is 85.2 cm³/mol. The van der Waals surface area contributed by atoms with E-state index in [1.807, 2.05) is 0 Å². The van der Waals surface area contributed by atoms with E-state index in [1.54, 1.807) is 0 Å². The molecule has 0 spiro atoms. The Bertz CT molecular complexity index is 631. The van der Waals surface area contributed by atoms with Gasteiger partial charge in [-0.05, 0) is 34.5 Å². The molecule has 1 saturated heterocycles. The summed E-state index contributed by atoms with van der Waals surface area (Å²) in [5.41, 5.74) is -0.176. The molecule has 1 aliphatic rings. The summed E-state index contributed by atoms with van der Waals surface area (Å²) in [6.45, 7) is 0.136. The second-order valence-electron chi connectivity index (χ2n) is 5.14. The van der Waals surface area contributed by atoms with Crippen LogP contribution in [-0.2, 0) is 0 Å². The number of halogens is 3. The van der Waals surface area contributed by atoms with Crippen molar-refractivity contribution in [2.24, 2.45) is 0 Å². The van der Waals surface area contributed by atoms with Crippen LogP contribution in [0.4, 0.5) is 9.18 Å². The zero-order chi connectivity index (χ0) is 17.1. The van der Waals surface area contributed by atoms with Gasteiger partial charge in [0.2, 0.25) is 0 Å². The maximum atomic E-state index is 14.1. The van der Waals surface area contributed by atoms with Crippen LogP contribution in [-0.4, -0.2) is 64.3 Å². The van der Waals surface area contributed by atoms with Gasteiger partial charge < -0.3 is 20.0 Å². The zero-order valence-electron chi connectivity index (χ0n) is 12.0. The Morgan fingerprint density at radius 1 is 1.39 bits per heavy atom. The molecule has 2 N–H and O–H groups in total. The van der Waals surface area contributed by atoms with Crippen LogP contribution < -0.4 is 0 Å². The molecular weight excluding hydrogens is 395 g/mol. The first-order chi connectivity index (χ1) is 10.8. The number of carbonyl (C=O) groups is 2. The summed E-state index contributed by atoms with van der Waals surface area (Å²) in [7, 11) is 0. The lowest BCUT2D eigenvalue weighted by Gasteiger charge is -2.40. The zero-order valence-corrected chi connectivity index (χ0v) is 14.3. The van der Waals surface area contributed by atoms with Crippen molar-refractivity contribution in [2.75, 3.05) is 26.2 Å². The number of carbonyl (C=O) groups excluding carboxylic acids is 1. The van der Waals surface area contributed by atoms with Gasteiger partial charge in [-0.25, -0.2) is 9.18 Å². The highest BCUT2D eigenvalue weighted by Crippen LogP contribution is 2.27. The first-order valence-corrected chi connectivity index (χ1v) is 8.06. The minimum absolute atomic E-state index is 0.0769. The van der Waals surface area contributed by atoms with Gasteiger partial charge in [-0.3, -0.25) is 4.79 Å². The van der Waals surface area contributed by atoms with Crippen LogP contribution in [0.25, 0.3) is 0 Å². The number of benzene rings is 1. The molecule has 1 aromatic carbocycles. The van der Waals surface area contributed by atoms with E-state index in [-0.39, 0.29) is 43.2 Å². The number of hydrogen-bond donors (Lipinski definition) is 2. The summed E-state index contributed by atoms with van der Waals surface area (Å²) < 4.78 is 14.4. The van der Waals surface area contributed by atoms with Crippen molar-refractivity contribution >= 4 is 39.5 Å². The van der Waals surface area contributed by atoms with E-state index in [1.165, 1.54) is 15.9 Å². The molecule has 0 radical (unpaired) electrons. The molecule has 1 aromatic rings. The van der Waals surface area contributed by atoms with Crippen molar-refractivity contribution in [3.63, 3.8) is 0 Å². The molecule has 1 aliphatic heterocycles. The Balaban J connectivity index is 2.26. The Labute approximate surface area is 145 Å². The van der Waals surface area contributed by atoms with Gasteiger partial charge in [0.25, 0.3) is 5.91 Å². The third-order valence-electron chi connectivity index (χ3n) is 3.72. The number of aliphatic hydroxyl groups is 1. The fraction of sp³-hybridized carbons (Fsp3) is 0.429. The molecule has 6 nitrogen and oxygen atoms in total. The average molecular weight is 410 g/mol. The third kappa shape index (κ3) is 3.94. The SMILES string of the molecule is O=C(O)N1CCN(C(=O)c2cc(Cl)c(Br)cc2F)[C@H](CCO)C1. The molecule has 23 heavy (non-hydrogen) atoms. The van der Waals surface area contributed by atoms with Crippen LogP contribution in [0.5, 0.6) is 0 Å². The quantitative estimate of drug-likeness (QED) is 0.751. The lowest BCUT2D eigenvalue weighted by Crippen LogP contribution is -2.56. The summed E-state index contributed by atoms with van der Waals surface area (Å²) >= 11 is 9.00. The normalized spacial score (nSPS) is 18.2. The van der Waals surface area contributed by atoms with Gasteiger partial charge in [0.15, 0.2) is 0 Å². The number of aliphatic hydroxyl groups excluding tert-OH is 1. The van der Waals surface area contributed by atoms with Crippen molar-refractivity contribution in [1.82, 2.24) is 9.80 Å². The smallest absolute Gasteiger partial charge is 0.407 e. The maximum absolute atomic E-state index is 14.1. The number of piperazine rings is 1. The number of carboxylic acid groups (broad SMARTS) is 1. The summed E-state index contributed by atoms with van der Waals surface area (Å²) in [6.07, 6.45) is -0.876. The maximum Gasteiger partial charge on any atom is 0.407 e. The molecule has 0 saturated carbocycles. The fourth-order valence-electron chi connectivity index (χ4n) is 2.53. The third-order valence-corrected chi connectivity index (χ3v) is 4.91. The summed E-state index contributed by atoms with van der Waals surface area (Å²) in [6, 6.07) is 1.84. The van der Waals surface area contributed by atoms with Crippen molar-refractivity contribution in [3.8, 4) is 0 Å². The summed E-state index contributed by atoms with van der Waals surface area (Å²) in [5.74, 6) is -1.28. The summed E-state index contributed by atoms with van der Waals surface area (Å²) in [4.78, 5) is 26.2. The van der Waals surface area contributed by atoms with E-state index < -0.39 is 23.9 Å². The number of hydrogen-bond acceptors (Lipinski definition) is 3. The lowest BCUT2D eigenvalue weighted by atomic mass is 10.1. The van der Waals surface area contributed by atoms with Crippen molar-refractivity contribution in [2.45, 2.75) is 12.5 Å². The second-order valence-corrected chi connectivity index (χ2v) is 6.40. The van der Waals surface area contributed by atoms with E-state index in [4.69, 9.17) is 21.8 Å². The van der Waals surface area contributed by atoms with Gasteiger partial charge in [0.05, 0.1) is 16.6 Å². The molecule has 126 valence electrons. The molecule has 1 fully saturated rings. The lowest BCUT2D eigenvalue weighted by molar-refractivity contribution is 0.0394. The number of rotatable bonds is 3. The van der Waals surface area contributed by atoms with Crippen LogP contribution in [0.2, 0.25) is 5.02 Å². The van der Waals surface area contributed by atoms with Gasteiger partial charge in [0, 0.05) is 30.7 Å². The van der Waals surface area contributed by atoms with Gasteiger partial charge in [0.1, 0.15) is 5.82 Å². The highest BCUT2D eigenvalue weighted by Gasteiger charge is 2.33. The Kier molecular flexibility index (Phi) is 5.83. The average Bonchev–Trinajstić information content (AvgIpc) is 2.50. The second kappa shape index (κ2) is 7.46. The van der Waals surface area contributed by atoms with E-state index in [9.17, 15) is 14.0 Å². The van der Waals surface area contributed by atoms with E-state index in [0.717, 1.165) is 6.07 Å². The minimum Gasteiger partial charge on any atom is -0.465 e. The molecular formula is C14H15BrClFN2O4. The minimum atomic E-state index is -1.09. The highest BCUT2D eigenvalue weighted by molar-refractivity contribution is 9.10. The van der Waals surface area contributed by atoms with Gasteiger partial charge in [-0.15, -0.1) is 0 Å². The van der Waals surface area contributed by atoms with Gasteiger partial charge in [-0.2, -0.15) is 0 Å². The molecule has 9 heteroatoms.